The molecule has 1 saturated heterocycles. The minimum absolute atomic E-state index is 0.0774. The molecule has 1 aliphatic heterocycles. The molecule has 20 heavy (non-hydrogen) atoms. The standard InChI is InChI=1S/C13H29N3O2S2/c1-5-14-9-12-7-6-8-16(10-12)20(17,18)15-11-13(2,3)19-4/h12,14-15H,5-11H2,1-4H3. The molecule has 1 fully saturated rings. The number of piperidine rings is 1. The lowest BCUT2D eigenvalue weighted by atomic mass is 10.00. The van der Waals surface area contributed by atoms with Crippen molar-refractivity contribution in [1.29, 1.82) is 0 Å². The lowest BCUT2D eigenvalue weighted by Crippen LogP contribution is -2.49. The van der Waals surface area contributed by atoms with E-state index in [1.807, 2.05) is 20.1 Å². The van der Waals surface area contributed by atoms with Crippen LogP contribution in [-0.4, -0.2) is 56.4 Å². The summed E-state index contributed by atoms with van der Waals surface area (Å²) in [5, 5.41) is 3.31. The highest BCUT2D eigenvalue weighted by Crippen LogP contribution is 2.21. The molecule has 2 N–H and O–H groups in total. The van der Waals surface area contributed by atoms with Crippen LogP contribution in [0.2, 0.25) is 0 Å². The Hall–Kier alpha value is 0.180. The van der Waals surface area contributed by atoms with E-state index in [4.69, 9.17) is 0 Å². The molecule has 5 nitrogen and oxygen atoms in total. The first kappa shape index (κ1) is 18.2. The molecule has 7 heteroatoms. The topological polar surface area (TPSA) is 61.4 Å². The van der Waals surface area contributed by atoms with Crippen LogP contribution >= 0.6 is 11.8 Å². The van der Waals surface area contributed by atoms with Gasteiger partial charge in [-0.25, -0.2) is 4.72 Å². The van der Waals surface area contributed by atoms with E-state index >= 15 is 0 Å². The molecule has 120 valence electrons. The summed E-state index contributed by atoms with van der Waals surface area (Å²) in [6.45, 7) is 9.73. The third kappa shape index (κ3) is 5.89. The molecule has 0 bridgehead atoms. The predicted molar refractivity (Wildman–Crippen MR) is 87.4 cm³/mol. The highest BCUT2D eigenvalue weighted by atomic mass is 32.2. The highest BCUT2D eigenvalue weighted by molar-refractivity contribution is 8.00. The Kier molecular flexibility index (Phi) is 7.28. The summed E-state index contributed by atoms with van der Waals surface area (Å²) >= 11 is 1.67. The molecule has 0 aliphatic carbocycles. The van der Waals surface area contributed by atoms with Gasteiger partial charge in [-0.1, -0.05) is 6.92 Å². The van der Waals surface area contributed by atoms with Crippen molar-refractivity contribution < 1.29 is 8.42 Å². The van der Waals surface area contributed by atoms with Crippen LogP contribution in [0.3, 0.4) is 0 Å². The number of thioether (sulfide) groups is 1. The van der Waals surface area contributed by atoms with E-state index in [0.29, 0.717) is 25.6 Å². The third-order valence-corrected chi connectivity index (χ3v) is 6.51. The average Bonchev–Trinajstić information content (AvgIpc) is 2.43. The predicted octanol–water partition coefficient (Wildman–Crippen LogP) is 1.28. The fourth-order valence-electron chi connectivity index (χ4n) is 2.19. The zero-order valence-corrected chi connectivity index (χ0v) is 14.7. The van der Waals surface area contributed by atoms with Gasteiger partial charge in [0.05, 0.1) is 0 Å². The number of rotatable bonds is 8. The van der Waals surface area contributed by atoms with E-state index in [1.165, 1.54) is 0 Å². The summed E-state index contributed by atoms with van der Waals surface area (Å²) in [5.41, 5.74) is 0. The van der Waals surface area contributed by atoms with E-state index in [-0.39, 0.29) is 4.75 Å². The summed E-state index contributed by atoms with van der Waals surface area (Å²) in [6.07, 6.45) is 4.06. The summed E-state index contributed by atoms with van der Waals surface area (Å²) < 4.78 is 29.0. The van der Waals surface area contributed by atoms with Crippen molar-refractivity contribution >= 4 is 22.0 Å². The first-order valence-electron chi connectivity index (χ1n) is 7.31. The van der Waals surface area contributed by atoms with E-state index in [0.717, 1.165) is 25.9 Å². The van der Waals surface area contributed by atoms with Gasteiger partial charge in [-0.3, -0.25) is 0 Å². The second-order valence-electron chi connectivity index (χ2n) is 5.96. The SMILES string of the molecule is CCNCC1CCCN(S(=O)(=O)NCC(C)(C)SC)C1. The van der Waals surface area contributed by atoms with Gasteiger partial charge in [0.25, 0.3) is 10.2 Å². The van der Waals surface area contributed by atoms with Crippen molar-refractivity contribution in [3.63, 3.8) is 0 Å². The van der Waals surface area contributed by atoms with Crippen LogP contribution in [0.25, 0.3) is 0 Å². The second kappa shape index (κ2) is 7.98. The lowest BCUT2D eigenvalue weighted by Gasteiger charge is -2.33. The van der Waals surface area contributed by atoms with Gasteiger partial charge in [-0.15, -0.1) is 0 Å². The molecule has 1 atom stereocenters. The molecular formula is C13H29N3O2S2. The zero-order valence-electron chi connectivity index (χ0n) is 13.1. The van der Waals surface area contributed by atoms with Gasteiger partial charge in [-0.2, -0.15) is 24.5 Å². The molecule has 1 rings (SSSR count). The monoisotopic (exact) mass is 323 g/mol. The smallest absolute Gasteiger partial charge is 0.279 e. The first-order chi connectivity index (χ1) is 9.30. The van der Waals surface area contributed by atoms with Crippen LogP contribution < -0.4 is 10.0 Å². The van der Waals surface area contributed by atoms with Crippen molar-refractivity contribution in [3.05, 3.63) is 0 Å². The molecule has 1 heterocycles. The minimum atomic E-state index is -3.34. The first-order valence-corrected chi connectivity index (χ1v) is 9.98. The molecule has 0 radical (unpaired) electrons. The van der Waals surface area contributed by atoms with Crippen molar-refractivity contribution in [2.24, 2.45) is 5.92 Å². The van der Waals surface area contributed by atoms with E-state index in [1.54, 1.807) is 16.1 Å². The molecule has 0 aromatic rings. The van der Waals surface area contributed by atoms with Gasteiger partial charge in [0, 0.05) is 24.4 Å². The zero-order chi connectivity index (χ0) is 15.2. The van der Waals surface area contributed by atoms with Crippen LogP contribution in [0.5, 0.6) is 0 Å². The van der Waals surface area contributed by atoms with Gasteiger partial charge < -0.3 is 5.32 Å². The lowest BCUT2D eigenvalue weighted by molar-refractivity contribution is 0.258. The van der Waals surface area contributed by atoms with Gasteiger partial charge in [0.2, 0.25) is 0 Å². The van der Waals surface area contributed by atoms with Crippen LogP contribution in [0.1, 0.15) is 33.6 Å². The normalized spacial score (nSPS) is 22.1. The Morgan fingerprint density at radius 3 is 2.70 bits per heavy atom. The van der Waals surface area contributed by atoms with E-state index in [2.05, 4.69) is 17.0 Å². The van der Waals surface area contributed by atoms with Crippen LogP contribution in [-0.2, 0) is 10.2 Å². The number of hydrogen-bond donors (Lipinski definition) is 2. The summed E-state index contributed by atoms with van der Waals surface area (Å²) in [4.78, 5) is 0. The largest absolute Gasteiger partial charge is 0.317 e. The van der Waals surface area contributed by atoms with E-state index < -0.39 is 10.2 Å². The van der Waals surface area contributed by atoms with Crippen molar-refractivity contribution in [3.8, 4) is 0 Å². The quantitative estimate of drug-likeness (QED) is 0.706. The average molecular weight is 324 g/mol. The molecule has 0 spiro atoms. The van der Waals surface area contributed by atoms with Crippen molar-refractivity contribution in [2.75, 3.05) is 39.0 Å². The third-order valence-electron chi connectivity index (χ3n) is 3.74. The van der Waals surface area contributed by atoms with Gasteiger partial charge in [-0.05, 0) is 52.0 Å². The molecule has 0 amide bonds. The summed E-state index contributed by atoms with van der Waals surface area (Å²) in [7, 11) is -3.34. The Bertz CT molecular complexity index is 385. The second-order valence-corrected chi connectivity index (χ2v) is 9.23. The van der Waals surface area contributed by atoms with Gasteiger partial charge in [0.1, 0.15) is 0 Å². The highest BCUT2D eigenvalue weighted by Gasteiger charge is 2.30. The molecule has 1 aliphatic rings. The van der Waals surface area contributed by atoms with Gasteiger partial charge in [0.15, 0.2) is 0 Å². The molecule has 1 unspecified atom stereocenters. The molecule has 0 saturated carbocycles. The van der Waals surface area contributed by atoms with Crippen LogP contribution in [0.15, 0.2) is 0 Å². The summed E-state index contributed by atoms with van der Waals surface area (Å²) in [5.74, 6) is 0.425. The fourth-order valence-corrected chi connectivity index (χ4v) is 4.00. The Balaban J connectivity index is 2.54. The summed E-state index contributed by atoms with van der Waals surface area (Å²) in [6, 6.07) is 0. The minimum Gasteiger partial charge on any atom is -0.317 e. The molecule has 0 aromatic heterocycles. The number of hydrogen-bond acceptors (Lipinski definition) is 4. The maximum atomic E-state index is 12.4. The van der Waals surface area contributed by atoms with Crippen molar-refractivity contribution in [2.45, 2.75) is 38.4 Å². The maximum absolute atomic E-state index is 12.4. The number of nitrogens with one attached hydrogen (secondary N) is 2. The molecular weight excluding hydrogens is 294 g/mol. The number of nitrogens with zero attached hydrogens (tertiary/aromatic N) is 1. The van der Waals surface area contributed by atoms with Crippen LogP contribution in [0.4, 0.5) is 0 Å². The fraction of sp³-hybridized carbons (Fsp3) is 1.00. The van der Waals surface area contributed by atoms with E-state index in [9.17, 15) is 8.42 Å². The van der Waals surface area contributed by atoms with Crippen molar-refractivity contribution in [1.82, 2.24) is 14.3 Å². The Morgan fingerprint density at radius 1 is 1.40 bits per heavy atom. The Labute approximate surface area is 128 Å². The maximum Gasteiger partial charge on any atom is 0.279 e. The Morgan fingerprint density at radius 2 is 2.10 bits per heavy atom. The van der Waals surface area contributed by atoms with Crippen LogP contribution in [0, 0.1) is 5.92 Å². The molecule has 0 aromatic carbocycles. The van der Waals surface area contributed by atoms with Gasteiger partial charge >= 0.3 is 0 Å².